The summed E-state index contributed by atoms with van der Waals surface area (Å²) in [4.78, 5) is 0. The van der Waals surface area contributed by atoms with Gasteiger partial charge < -0.3 is 10.8 Å². The lowest BCUT2D eigenvalue weighted by molar-refractivity contribution is 0.138. The molecule has 0 aliphatic rings. The van der Waals surface area contributed by atoms with Crippen LogP contribution in [0.5, 0.6) is 0 Å². The summed E-state index contributed by atoms with van der Waals surface area (Å²) in [5.74, 6) is -2.07. The Morgan fingerprint density at radius 1 is 1.05 bits per heavy atom. The van der Waals surface area contributed by atoms with Gasteiger partial charge in [-0.25, -0.2) is 8.78 Å². The molecular weight excluding hydrogens is 260 g/mol. The van der Waals surface area contributed by atoms with Crippen molar-refractivity contribution in [2.45, 2.75) is 18.9 Å². The fourth-order valence-corrected chi connectivity index (χ4v) is 2.42. The van der Waals surface area contributed by atoms with E-state index in [9.17, 15) is 13.9 Å². The second-order valence-electron chi connectivity index (χ2n) is 4.78. The molecule has 2 atom stereocenters. The number of benzene rings is 2. The fourth-order valence-electron chi connectivity index (χ4n) is 2.42. The molecule has 0 saturated carbocycles. The van der Waals surface area contributed by atoms with Crippen molar-refractivity contribution >= 4 is 0 Å². The molecule has 0 aliphatic heterocycles. The number of aliphatic hydroxyl groups excluding tert-OH is 1. The van der Waals surface area contributed by atoms with Gasteiger partial charge in [-0.1, -0.05) is 30.3 Å². The Morgan fingerprint density at radius 3 is 2.20 bits per heavy atom. The zero-order chi connectivity index (χ0) is 14.7. The van der Waals surface area contributed by atoms with E-state index in [1.807, 2.05) is 31.2 Å². The molecule has 106 valence electrons. The average Bonchev–Trinajstić information content (AvgIpc) is 2.41. The number of aliphatic hydroxyl groups is 1. The quantitative estimate of drug-likeness (QED) is 0.902. The summed E-state index contributed by atoms with van der Waals surface area (Å²) in [6.07, 6.45) is -1.32. The molecular formula is C16H17F2NO. The van der Waals surface area contributed by atoms with Crippen molar-refractivity contribution in [2.75, 3.05) is 6.54 Å². The summed E-state index contributed by atoms with van der Waals surface area (Å²) >= 11 is 0. The third-order valence-corrected chi connectivity index (χ3v) is 3.52. The first kappa shape index (κ1) is 14.6. The summed E-state index contributed by atoms with van der Waals surface area (Å²) < 4.78 is 27.5. The van der Waals surface area contributed by atoms with E-state index in [-0.39, 0.29) is 12.1 Å². The van der Waals surface area contributed by atoms with Gasteiger partial charge in [-0.3, -0.25) is 0 Å². The van der Waals surface area contributed by atoms with Crippen LogP contribution in [0.1, 0.15) is 28.7 Å². The number of rotatable bonds is 4. The van der Waals surface area contributed by atoms with E-state index >= 15 is 0 Å². The highest BCUT2D eigenvalue weighted by molar-refractivity contribution is 5.33. The topological polar surface area (TPSA) is 46.2 Å². The predicted molar refractivity (Wildman–Crippen MR) is 74.3 cm³/mol. The van der Waals surface area contributed by atoms with Crippen molar-refractivity contribution in [1.82, 2.24) is 0 Å². The highest BCUT2D eigenvalue weighted by Gasteiger charge is 2.27. The third kappa shape index (κ3) is 2.71. The molecule has 0 saturated heterocycles. The molecule has 2 nitrogen and oxygen atoms in total. The molecule has 0 heterocycles. The Hall–Kier alpha value is -1.78. The summed E-state index contributed by atoms with van der Waals surface area (Å²) in [5.41, 5.74) is 7.11. The van der Waals surface area contributed by atoms with Crippen molar-refractivity contribution < 1.29 is 13.9 Å². The highest BCUT2D eigenvalue weighted by Crippen LogP contribution is 2.34. The molecule has 0 radical (unpaired) electrons. The standard InChI is InChI=1S/C16H17F2NO/c1-10-5-2-3-6-11(10)12(9-19)16(20)15-13(17)7-4-8-14(15)18/h2-8,12,16,20H,9,19H2,1H3. The summed E-state index contributed by atoms with van der Waals surface area (Å²) in [7, 11) is 0. The first-order chi connectivity index (χ1) is 9.56. The maximum absolute atomic E-state index is 13.8. The van der Waals surface area contributed by atoms with Gasteiger partial charge in [0.05, 0.1) is 11.7 Å². The lowest BCUT2D eigenvalue weighted by Gasteiger charge is -2.24. The number of halogens is 2. The van der Waals surface area contributed by atoms with Gasteiger partial charge in [0.2, 0.25) is 0 Å². The molecule has 0 spiro atoms. The Bertz CT molecular complexity index is 581. The maximum Gasteiger partial charge on any atom is 0.131 e. The van der Waals surface area contributed by atoms with Crippen molar-refractivity contribution in [2.24, 2.45) is 5.73 Å². The van der Waals surface area contributed by atoms with E-state index in [4.69, 9.17) is 5.73 Å². The molecule has 0 aromatic heterocycles. The van der Waals surface area contributed by atoms with E-state index in [1.165, 1.54) is 6.07 Å². The van der Waals surface area contributed by atoms with Gasteiger partial charge in [-0.15, -0.1) is 0 Å². The van der Waals surface area contributed by atoms with Crippen LogP contribution in [0.3, 0.4) is 0 Å². The minimum absolute atomic E-state index is 0.0970. The van der Waals surface area contributed by atoms with Gasteiger partial charge in [0.1, 0.15) is 11.6 Å². The van der Waals surface area contributed by atoms with Crippen LogP contribution in [-0.4, -0.2) is 11.7 Å². The van der Waals surface area contributed by atoms with Crippen LogP contribution in [0.15, 0.2) is 42.5 Å². The number of nitrogens with two attached hydrogens (primary N) is 1. The number of hydrogen-bond donors (Lipinski definition) is 2. The Balaban J connectivity index is 2.45. The zero-order valence-corrected chi connectivity index (χ0v) is 11.2. The molecule has 0 bridgehead atoms. The fraction of sp³-hybridized carbons (Fsp3) is 0.250. The minimum Gasteiger partial charge on any atom is -0.388 e. The van der Waals surface area contributed by atoms with Crippen molar-refractivity contribution in [1.29, 1.82) is 0 Å². The van der Waals surface area contributed by atoms with Gasteiger partial charge in [0.25, 0.3) is 0 Å². The number of aryl methyl sites for hydroxylation is 1. The minimum atomic E-state index is -1.32. The van der Waals surface area contributed by atoms with Crippen LogP contribution in [0, 0.1) is 18.6 Å². The zero-order valence-electron chi connectivity index (χ0n) is 11.2. The highest BCUT2D eigenvalue weighted by atomic mass is 19.1. The molecule has 4 heteroatoms. The summed E-state index contributed by atoms with van der Waals surface area (Å²) in [6, 6.07) is 10.9. The summed E-state index contributed by atoms with van der Waals surface area (Å²) in [6.45, 7) is 1.97. The summed E-state index contributed by atoms with van der Waals surface area (Å²) in [5, 5.41) is 10.4. The predicted octanol–water partition coefficient (Wildman–Crippen LogP) is 3.05. The largest absolute Gasteiger partial charge is 0.388 e. The van der Waals surface area contributed by atoms with E-state index < -0.39 is 23.7 Å². The van der Waals surface area contributed by atoms with Crippen LogP contribution in [-0.2, 0) is 0 Å². The Morgan fingerprint density at radius 2 is 1.65 bits per heavy atom. The Labute approximate surface area is 116 Å². The molecule has 0 fully saturated rings. The average molecular weight is 277 g/mol. The van der Waals surface area contributed by atoms with E-state index in [2.05, 4.69) is 0 Å². The lowest BCUT2D eigenvalue weighted by Crippen LogP contribution is -2.22. The van der Waals surface area contributed by atoms with E-state index in [1.54, 1.807) is 0 Å². The van der Waals surface area contributed by atoms with Crippen LogP contribution < -0.4 is 5.73 Å². The second-order valence-corrected chi connectivity index (χ2v) is 4.78. The molecule has 0 aliphatic carbocycles. The Kier molecular flexibility index (Phi) is 4.47. The molecule has 2 unspecified atom stereocenters. The van der Waals surface area contributed by atoms with Crippen molar-refractivity contribution in [3.8, 4) is 0 Å². The van der Waals surface area contributed by atoms with Gasteiger partial charge in [0.15, 0.2) is 0 Å². The SMILES string of the molecule is Cc1ccccc1C(CN)C(O)c1c(F)cccc1F. The molecule has 2 aromatic carbocycles. The van der Waals surface area contributed by atoms with Crippen LogP contribution in [0.25, 0.3) is 0 Å². The monoisotopic (exact) mass is 277 g/mol. The first-order valence-corrected chi connectivity index (χ1v) is 6.43. The van der Waals surface area contributed by atoms with Crippen LogP contribution >= 0.6 is 0 Å². The maximum atomic E-state index is 13.8. The van der Waals surface area contributed by atoms with Gasteiger partial charge >= 0.3 is 0 Å². The van der Waals surface area contributed by atoms with E-state index in [0.29, 0.717) is 0 Å². The van der Waals surface area contributed by atoms with Gasteiger partial charge in [0, 0.05) is 12.5 Å². The van der Waals surface area contributed by atoms with Gasteiger partial charge in [-0.05, 0) is 30.2 Å². The molecule has 2 aromatic rings. The normalized spacial score (nSPS) is 14.1. The molecule has 20 heavy (non-hydrogen) atoms. The molecule has 2 rings (SSSR count). The van der Waals surface area contributed by atoms with Gasteiger partial charge in [-0.2, -0.15) is 0 Å². The molecule has 0 amide bonds. The third-order valence-electron chi connectivity index (χ3n) is 3.52. The van der Waals surface area contributed by atoms with Crippen LogP contribution in [0.4, 0.5) is 8.78 Å². The lowest BCUT2D eigenvalue weighted by atomic mass is 9.86. The first-order valence-electron chi connectivity index (χ1n) is 6.43. The van der Waals surface area contributed by atoms with Crippen molar-refractivity contribution in [3.63, 3.8) is 0 Å². The smallest absolute Gasteiger partial charge is 0.131 e. The number of hydrogen-bond acceptors (Lipinski definition) is 2. The van der Waals surface area contributed by atoms with E-state index in [0.717, 1.165) is 23.3 Å². The molecule has 3 N–H and O–H groups in total. The van der Waals surface area contributed by atoms with Crippen LogP contribution in [0.2, 0.25) is 0 Å². The second kappa shape index (κ2) is 6.11. The van der Waals surface area contributed by atoms with Crippen molar-refractivity contribution in [3.05, 3.63) is 70.8 Å².